The molecule has 2 aromatic rings. The minimum Gasteiger partial charge on any atom is -0.266 e. The number of unbranched alkanes of at least 4 members (excludes halogenated alkanes) is 3. The molecular formula is C16H28N6. The molecule has 1 atom stereocenters. The standard InChI is InChI=1S/C16H28N6/c1-2-14(9-6-7-11-16-18-13-20-22-16)8-4-3-5-10-15-17-12-19-21-15/h12-14H,2-11H2,1H3,(H,17,19,21)(H,18,20,22). The first kappa shape index (κ1) is 16.6. The number of rotatable bonds is 12. The Labute approximate surface area is 132 Å². The third-order valence-electron chi connectivity index (χ3n) is 4.28. The highest BCUT2D eigenvalue weighted by Gasteiger charge is 2.07. The van der Waals surface area contributed by atoms with Gasteiger partial charge in [0.25, 0.3) is 0 Å². The highest BCUT2D eigenvalue weighted by atomic mass is 15.2. The normalized spacial score (nSPS) is 12.6. The van der Waals surface area contributed by atoms with Gasteiger partial charge in [-0.3, -0.25) is 10.2 Å². The Morgan fingerprint density at radius 3 is 1.86 bits per heavy atom. The number of aromatic amines is 2. The zero-order chi connectivity index (χ0) is 15.5. The van der Waals surface area contributed by atoms with Crippen LogP contribution in [0.25, 0.3) is 0 Å². The maximum atomic E-state index is 4.17. The van der Waals surface area contributed by atoms with E-state index in [9.17, 15) is 0 Å². The average Bonchev–Trinajstić information content (AvgIpc) is 3.22. The summed E-state index contributed by atoms with van der Waals surface area (Å²) in [6, 6.07) is 0. The van der Waals surface area contributed by atoms with E-state index in [0.717, 1.165) is 30.4 Å². The van der Waals surface area contributed by atoms with Gasteiger partial charge in [-0.15, -0.1) is 0 Å². The van der Waals surface area contributed by atoms with Gasteiger partial charge in [0.2, 0.25) is 0 Å². The van der Waals surface area contributed by atoms with E-state index in [2.05, 4.69) is 37.3 Å². The van der Waals surface area contributed by atoms with Crippen LogP contribution in [0.5, 0.6) is 0 Å². The summed E-state index contributed by atoms with van der Waals surface area (Å²) in [7, 11) is 0. The first-order valence-corrected chi connectivity index (χ1v) is 8.57. The van der Waals surface area contributed by atoms with Crippen LogP contribution in [-0.2, 0) is 12.8 Å². The second-order valence-corrected chi connectivity index (χ2v) is 5.95. The molecule has 122 valence electrons. The van der Waals surface area contributed by atoms with Gasteiger partial charge in [0.1, 0.15) is 24.3 Å². The Bertz CT molecular complexity index is 465. The molecule has 0 aliphatic carbocycles. The molecular weight excluding hydrogens is 276 g/mol. The van der Waals surface area contributed by atoms with Crippen molar-refractivity contribution in [1.82, 2.24) is 30.4 Å². The molecule has 0 saturated carbocycles. The molecule has 0 aromatic carbocycles. The van der Waals surface area contributed by atoms with Crippen LogP contribution in [0.3, 0.4) is 0 Å². The molecule has 0 aliphatic heterocycles. The van der Waals surface area contributed by atoms with Crippen LogP contribution in [-0.4, -0.2) is 30.4 Å². The molecule has 0 aliphatic rings. The summed E-state index contributed by atoms with van der Waals surface area (Å²) in [6.07, 6.45) is 15.6. The summed E-state index contributed by atoms with van der Waals surface area (Å²) in [4.78, 5) is 8.32. The molecule has 22 heavy (non-hydrogen) atoms. The fraction of sp³-hybridized carbons (Fsp3) is 0.750. The maximum absolute atomic E-state index is 4.17. The SMILES string of the molecule is CCC(CCCCCc1nc[nH]n1)CCCCc1nc[nH]n1. The van der Waals surface area contributed by atoms with Crippen molar-refractivity contribution in [3.8, 4) is 0 Å². The summed E-state index contributed by atoms with van der Waals surface area (Å²) in [6.45, 7) is 2.31. The predicted octanol–water partition coefficient (Wildman–Crippen LogP) is 3.46. The molecule has 2 rings (SSSR count). The Kier molecular flexibility index (Phi) is 7.63. The summed E-state index contributed by atoms with van der Waals surface area (Å²) >= 11 is 0. The Morgan fingerprint density at radius 2 is 1.36 bits per heavy atom. The Hall–Kier alpha value is -1.72. The van der Waals surface area contributed by atoms with Crippen LogP contribution >= 0.6 is 0 Å². The third kappa shape index (κ3) is 6.37. The predicted molar refractivity (Wildman–Crippen MR) is 86.3 cm³/mol. The second kappa shape index (κ2) is 10.1. The van der Waals surface area contributed by atoms with Crippen molar-refractivity contribution in [2.45, 2.75) is 71.1 Å². The minimum absolute atomic E-state index is 0.871. The highest BCUT2D eigenvalue weighted by Crippen LogP contribution is 2.20. The van der Waals surface area contributed by atoms with Crippen molar-refractivity contribution in [3.63, 3.8) is 0 Å². The Balaban J connectivity index is 1.47. The fourth-order valence-corrected chi connectivity index (χ4v) is 2.87. The molecule has 0 spiro atoms. The molecule has 2 aromatic heterocycles. The van der Waals surface area contributed by atoms with E-state index in [1.807, 2.05) is 0 Å². The number of hydrogen-bond acceptors (Lipinski definition) is 4. The summed E-state index contributed by atoms with van der Waals surface area (Å²) in [5, 5.41) is 13.7. The number of hydrogen-bond donors (Lipinski definition) is 2. The third-order valence-corrected chi connectivity index (χ3v) is 4.28. The van der Waals surface area contributed by atoms with Crippen LogP contribution in [0.1, 0.15) is 69.9 Å². The van der Waals surface area contributed by atoms with Crippen molar-refractivity contribution in [2.75, 3.05) is 0 Å². The van der Waals surface area contributed by atoms with Crippen molar-refractivity contribution in [2.24, 2.45) is 5.92 Å². The molecule has 0 radical (unpaired) electrons. The molecule has 0 bridgehead atoms. The Morgan fingerprint density at radius 1 is 0.818 bits per heavy atom. The number of nitrogens with one attached hydrogen (secondary N) is 2. The van der Waals surface area contributed by atoms with Gasteiger partial charge in [0.05, 0.1) is 0 Å². The van der Waals surface area contributed by atoms with Crippen molar-refractivity contribution < 1.29 is 0 Å². The van der Waals surface area contributed by atoms with Crippen LogP contribution in [0, 0.1) is 5.92 Å². The number of aromatic nitrogens is 6. The summed E-state index contributed by atoms with van der Waals surface area (Å²) < 4.78 is 0. The van der Waals surface area contributed by atoms with Gasteiger partial charge in [-0.25, -0.2) is 9.97 Å². The second-order valence-electron chi connectivity index (χ2n) is 5.95. The first-order valence-electron chi connectivity index (χ1n) is 8.57. The van der Waals surface area contributed by atoms with Gasteiger partial charge in [-0.2, -0.15) is 10.2 Å². The van der Waals surface area contributed by atoms with Crippen molar-refractivity contribution in [1.29, 1.82) is 0 Å². The van der Waals surface area contributed by atoms with Gasteiger partial charge in [-0.1, -0.05) is 45.4 Å². The van der Waals surface area contributed by atoms with E-state index in [1.165, 1.54) is 51.4 Å². The molecule has 6 heteroatoms. The minimum atomic E-state index is 0.871. The lowest BCUT2D eigenvalue weighted by Crippen LogP contribution is -2.00. The quantitative estimate of drug-likeness (QED) is 0.588. The molecule has 0 fully saturated rings. The number of aryl methyl sites for hydroxylation is 2. The van der Waals surface area contributed by atoms with Crippen LogP contribution < -0.4 is 0 Å². The van der Waals surface area contributed by atoms with E-state index in [4.69, 9.17) is 0 Å². The fourth-order valence-electron chi connectivity index (χ4n) is 2.87. The monoisotopic (exact) mass is 304 g/mol. The lowest BCUT2D eigenvalue weighted by molar-refractivity contribution is 0.398. The molecule has 0 amide bonds. The van der Waals surface area contributed by atoms with Gasteiger partial charge in [0, 0.05) is 12.8 Å². The molecule has 6 nitrogen and oxygen atoms in total. The number of H-pyrrole nitrogens is 2. The largest absolute Gasteiger partial charge is 0.266 e. The molecule has 2 N–H and O–H groups in total. The van der Waals surface area contributed by atoms with E-state index in [0.29, 0.717) is 0 Å². The molecule has 1 unspecified atom stereocenters. The van der Waals surface area contributed by atoms with E-state index in [-0.39, 0.29) is 0 Å². The van der Waals surface area contributed by atoms with Gasteiger partial charge < -0.3 is 0 Å². The zero-order valence-electron chi connectivity index (χ0n) is 13.6. The topological polar surface area (TPSA) is 83.1 Å². The van der Waals surface area contributed by atoms with Crippen LogP contribution in [0.2, 0.25) is 0 Å². The number of nitrogens with zero attached hydrogens (tertiary/aromatic N) is 4. The smallest absolute Gasteiger partial charge is 0.150 e. The van der Waals surface area contributed by atoms with Crippen LogP contribution in [0.15, 0.2) is 12.7 Å². The average molecular weight is 304 g/mol. The van der Waals surface area contributed by atoms with E-state index < -0.39 is 0 Å². The maximum Gasteiger partial charge on any atom is 0.150 e. The summed E-state index contributed by atoms with van der Waals surface area (Å²) in [5.74, 6) is 2.76. The van der Waals surface area contributed by atoms with E-state index in [1.54, 1.807) is 12.7 Å². The first-order chi connectivity index (χ1) is 10.9. The zero-order valence-corrected chi connectivity index (χ0v) is 13.6. The van der Waals surface area contributed by atoms with E-state index >= 15 is 0 Å². The van der Waals surface area contributed by atoms with Gasteiger partial charge in [0.15, 0.2) is 0 Å². The molecule has 2 heterocycles. The van der Waals surface area contributed by atoms with Crippen LogP contribution in [0.4, 0.5) is 0 Å². The van der Waals surface area contributed by atoms with Gasteiger partial charge >= 0.3 is 0 Å². The van der Waals surface area contributed by atoms with Crippen molar-refractivity contribution >= 4 is 0 Å². The lowest BCUT2D eigenvalue weighted by atomic mass is 9.92. The van der Waals surface area contributed by atoms with Gasteiger partial charge in [-0.05, 0) is 18.8 Å². The summed E-state index contributed by atoms with van der Waals surface area (Å²) in [5.41, 5.74) is 0. The lowest BCUT2D eigenvalue weighted by Gasteiger charge is -2.14. The highest BCUT2D eigenvalue weighted by molar-refractivity contribution is 4.80. The van der Waals surface area contributed by atoms with Crippen molar-refractivity contribution in [3.05, 3.63) is 24.3 Å². The molecule has 0 saturated heterocycles.